The molecule has 2 aromatic carbocycles. The molecule has 6 nitrogen and oxygen atoms in total. The molecule has 0 aliphatic carbocycles. The molecule has 0 atom stereocenters. The van der Waals surface area contributed by atoms with Crippen LogP contribution >= 0.6 is 27.3 Å². The predicted molar refractivity (Wildman–Crippen MR) is 121 cm³/mol. The first-order chi connectivity index (χ1) is 14.5. The Labute approximate surface area is 187 Å². The summed E-state index contributed by atoms with van der Waals surface area (Å²) in [6, 6.07) is 12.7. The van der Waals surface area contributed by atoms with Gasteiger partial charge in [-0.3, -0.25) is 9.59 Å². The highest BCUT2D eigenvalue weighted by Crippen LogP contribution is 2.22. The minimum absolute atomic E-state index is 0.00814. The molecule has 0 aliphatic heterocycles. The van der Waals surface area contributed by atoms with Crippen molar-refractivity contribution < 1.29 is 19.1 Å². The summed E-state index contributed by atoms with van der Waals surface area (Å²) < 4.78 is 14.3. The SMILES string of the molecule is CCCCOc1ccc(C(=O)N=c2sc3cc(Br)ccc3n2CC(=O)OCC)cc1. The summed E-state index contributed by atoms with van der Waals surface area (Å²) in [5.41, 5.74) is 1.28. The largest absolute Gasteiger partial charge is 0.494 e. The molecule has 1 aromatic heterocycles. The van der Waals surface area contributed by atoms with Gasteiger partial charge in [-0.2, -0.15) is 4.99 Å². The van der Waals surface area contributed by atoms with Crippen molar-refractivity contribution in [3.63, 3.8) is 0 Å². The van der Waals surface area contributed by atoms with Gasteiger partial charge in [0.2, 0.25) is 0 Å². The summed E-state index contributed by atoms with van der Waals surface area (Å²) in [5, 5.41) is 0. The van der Waals surface area contributed by atoms with Gasteiger partial charge in [0.05, 0.1) is 23.4 Å². The lowest BCUT2D eigenvalue weighted by Crippen LogP contribution is -2.23. The molecule has 0 aliphatic rings. The van der Waals surface area contributed by atoms with Crippen LogP contribution in [0.4, 0.5) is 0 Å². The molecular weight excluding hydrogens is 468 g/mol. The van der Waals surface area contributed by atoms with E-state index < -0.39 is 0 Å². The number of hydrogen-bond donors (Lipinski definition) is 0. The van der Waals surface area contributed by atoms with Gasteiger partial charge in [-0.1, -0.05) is 40.6 Å². The number of ether oxygens (including phenoxy) is 2. The maximum atomic E-state index is 12.8. The van der Waals surface area contributed by atoms with Gasteiger partial charge in [-0.15, -0.1) is 0 Å². The third-order valence-electron chi connectivity index (χ3n) is 4.30. The molecule has 30 heavy (non-hydrogen) atoms. The molecule has 0 radical (unpaired) electrons. The van der Waals surface area contributed by atoms with Gasteiger partial charge in [0.15, 0.2) is 4.80 Å². The summed E-state index contributed by atoms with van der Waals surface area (Å²) in [6.07, 6.45) is 2.05. The van der Waals surface area contributed by atoms with E-state index in [9.17, 15) is 9.59 Å². The van der Waals surface area contributed by atoms with Crippen LogP contribution in [0, 0.1) is 0 Å². The fourth-order valence-corrected chi connectivity index (χ4v) is 4.38. The van der Waals surface area contributed by atoms with Crippen molar-refractivity contribution in [1.29, 1.82) is 0 Å². The van der Waals surface area contributed by atoms with Gasteiger partial charge in [0.25, 0.3) is 5.91 Å². The molecule has 1 heterocycles. The second kappa shape index (κ2) is 10.5. The number of benzene rings is 2. The third kappa shape index (κ3) is 5.58. The lowest BCUT2D eigenvalue weighted by molar-refractivity contribution is -0.143. The molecule has 158 valence electrons. The number of unbranched alkanes of at least 4 members (excludes halogenated alkanes) is 1. The molecule has 1 amide bonds. The fraction of sp³-hybridized carbons (Fsp3) is 0.318. The van der Waals surface area contributed by atoms with E-state index in [0.717, 1.165) is 33.3 Å². The van der Waals surface area contributed by atoms with E-state index in [1.807, 2.05) is 18.2 Å². The smallest absolute Gasteiger partial charge is 0.326 e. The first-order valence-corrected chi connectivity index (χ1v) is 11.4. The summed E-state index contributed by atoms with van der Waals surface area (Å²) >= 11 is 4.81. The average molecular weight is 491 g/mol. The quantitative estimate of drug-likeness (QED) is 0.330. The first-order valence-electron chi connectivity index (χ1n) is 9.78. The molecule has 0 saturated heterocycles. The van der Waals surface area contributed by atoms with E-state index in [-0.39, 0.29) is 18.4 Å². The Balaban J connectivity index is 1.92. The van der Waals surface area contributed by atoms with Crippen molar-refractivity contribution in [3.8, 4) is 5.75 Å². The number of rotatable bonds is 8. The van der Waals surface area contributed by atoms with Crippen LogP contribution in [-0.4, -0.2) is 29.7 Å². The Morgan fingerprint density at radius 2 is 1.90 bits per heavy atom. The minimum Gasteiger partial charge on any atom is -0.494 e. The zero-order valence-corrected chi connectivity index (χ0v) is 19.3. The van der Waals surface area contributed by atoms with Crippen molar-refractivity contribution >= 4 is 49.4 Å². The van der Waals surface area contributed by atoms with Crippen LogP contribution < -0.4 is 9.54 Å². The lowest BCUT2D eigenvalue weighted by Gasteiger charge is -2.06. The number of hydrogen-bond acceptors (Lipinski definition) is 5. The average Bonchev–Trinajstić information content (AvgIpc) is 3.04. The van der Waals surface area contributed by atoms with Gasteiger partial charge < -0.3 is 14.0 Å². The minimum atomic E-state index is -0.377. The second-order valence-corrected chi connectivity index (χ2v) is 8.46. The molecule has 0 spiro atoms. The number of carbonyl (C=O) groups is 2. The normalized spacial score (nSPS) is 11.6. The van der Waals surface area contributed by atoms with E-state index in [1.165, 1.54) is 11.3 Å². The maximum absolute atomic E-state index is 12.8. The Kier molecular flexibility index (Phi) is 7.81. The highest BCUT2D eigenvalue weighted by Gasteiger charge is 2.13. The van der Waals surface area contributed by atoms with Crippen molar-refractivity contribution in [2.24, 2.45) is 4.99 Å². The second-order valence-electron chi connectivity index (χ2n) is 6.53. The number of aromatic nitrogens is 1. The number of fused-ring (bicyclic) bond motifs is 1. The van der Waals surface area contributed by atoms with Crippen molar-refractivity contribution in [2.45, 2.75) is 33.2 Å². The van der Waals surface area contributed by atoms with Crippen LogP contribution in [0.15, 0.2) is 51.9 Å². The zero-order valence-electron chi connectivity index (χ0n) is 16.9. The van der Waals surface area contributed by atoms with Crippen molar-refractivity contribution in [1.82, 2.24) is 4.57 Å². The summed E-state index contributed by atoms with van der Waals surface area (Å²) in [6.45, 7) is 4.81. The fourth-order valence-electron chi connectivity index (χ4n) is 2.80. The highest BCUT2D eigenvalue weighted by atomic mass is 79.9. The summed E-state index contributed by atoms with van der Waals surface area (Å²) in [5.74, 6) is -0.0231. The topological polar surface area (TPSA) is 69.9 Å². The number of nitrogens with zero attached hydrogens (tertiary/aromatic N) is 2. The molecule has 0 fully saturated rings. The first kappa shape index (κ1) is 22.2. The Bertz CT molecular complexity index is 1100. The molecule has 8 heteroatoms. The van der Waals surface area contributed by atoms with Crippen LogP contribution in [-0.2, 0) is 16.1 Å². The van der Waals surface area contributed by atoms with Gasteiger partial charge in [0.1, 0.15) is 12.3 Å². The molecule has 0 bridgehead atoms. The van der Waals surface area contributed by atoms with Crippen LogP contribution in [0.5, 0.6) is 5.75 Å². The number of esters is 1. The molecule has 0 N–H and O–H groups in total. The summed E-state index contributed by atoms with van der Waals surface area (Å²) in [4.78, 5) is 29.6. The van der Waals surface area contributed by atoms with Gasteiger partial charge in [-0.25, -0.2) is 0 Å². The molecule has 0 saturated carbocycles. The number of halogens is 1. The van der Waals surface area contributed by atoms with Crippen LogP contribution in [0.1, 0.15) is 37.0 Å². The number of thiazole rings is 1. The highest BCUT2D eigenvalue weighted by molar-refractivity contribution is 9.10. The lowest BCUT2D eigenvalue weighted by atomic mass is 10.2. The van der Waals surface area contributed by atoms with Gasteiger partial charge in [0, 0.05) is 10.0 Å². The van der Waals surface area contributed by atoms with Crippen LogP contribution in [0.2, 0.25) is 0 Å². The van der Waals surface area contributed by atoms with Gasteiger partial charge >= 0.3 is 5.97 Å². The van der Waals surface area contributed by atoms with Crippen molar-refractivity contribution in [2.75, 3.05) is 13.2 Å². The molecular formula is C22H23BrN2O4S. The zero-order chi connectivity index (χ0) is 21.5. The number of carbonyl (C=O) groups excluding carboxylic acids is 2. The van der Waals surface area contributed by atoms with E-state index in [2.05, 4.69) is 27.8 Å². The predicted octanol–water partition coefficient (Wildman–Crippen LogP) is 4.95. The van der Waals surface area contributed by atoms with Crippen LogP contribution in [0.3, 0.4) is 0 Å². The van der Waals surface area contributed by atoms with Crippen LogP contribution in [0.25, 0.3) is 10.2 Å². The van der Waals surface area contributed by atoms with Crippen molar-refractivity contribution in [3.05, 3.63) is 57.3 Å². The Hall–Kier alpha value is -2.45. The molecule has 3 aromatic rings. The van der Waals surface area contributed by atoms with E-state index in [0.29, 0.717) is 23.6 Å². The standard InChI is InChI=1S/C22H23BrN2O4S/c1-3-5-12-29-17-9-6-15(7-10-17)21(27)24-22-25(14-20(26)28-4-2)18-11-8-16(23)13-19(18)30-22/h6-11,13H,3-5,12,14H2,1-2H3. The Morgan fingerprint density at radius 3 is 2.60 bits per heavy atom. The third-order valence-corrected chi connectivity index (χ3v) is 5.84. The molecule has 3 rings (SSSR count). The molecule has 0 unspecified atom stereocenters. The maximum Gasteiger partial charge on any atom is 0.326 e. The monoisotopic (exact) mass is 490 g/mol. The van der Waals surface area contributed by atoms with Gasteiger partial charge in [-0.05, 0) is 55.8 Å². The Morgan fingerprint density at radius 1 is 1.13 bits per heavy atom. The summed E-state index contributed by atoms with van der Waals surface area (Å²) in [7, 11) is 0. The van der Waals surface area contributed by atoms with E-state index in [1.54, 1.807) is 35.8 Å². The van der Waals surface area contributed by atoms with E-state index in [4.69, 9.17) is 9.47 Å². The van der Waals surface area contributed by atoms with E-state index >= 15 is 0 Å². The number of amides is 1.